The lowest BCUT2D eigenvalue weighted by atomic mass is 10.1. The number of hydrogen-bond donors (Lipinski definition) is 1. The van der Waals surface area contributed by atoms with Crippen LogP contribution in [0.2, 0.25) is 0 Å². The summed E-state index contributed by atoms with van der Waals surface area (Å²) < 4.78 is 3.16. The van der Waals surface area contributed by atoms with Gasteiger partial charge in [0.2, 0.25) is 0 Å². The van der Waals surface area contributed by atoms with Crippen molar-refractivity contribution in [2.75, 3.05) is 0 Å². The first-order chi connectivity index (χ1) is 17.5. The molecule has 0 radical (unpaired) electrons. The van der Waals surface area contributed by atoms with E-state index in [0.29, 0.717) is 39.3 Å². The van der Waals surface area contributed by atoms with Crippen LogP contribution >= 0.6 is 0 Å². The number of nitrogens with zero attached hydrogens (tertiary/aromatic N) is 5. The second-order valence-corrected chi connectivity index (χ2v) is 8.67. The Morgan fingerprint density at radius 2 is 1.75 bits per heavy atom. The van der Waals surface area contributed by atoms with Crippen LogP contribution in [-0.4, -0.2) is 30.1 Å². The number of rotatable bonds is 4. The second kappa shape index (κ2) is 8.42. The number of nitrogens with one attached hydrogen (secondary N) is 1. The van der Waals surface area contributed by atoms with Crippen LogP contribution in [0.5, 0.6) is 0 Å². The molecule has 3 aromatic heterocycles. The van der Waals surface area contributed by atoms with E-state index >= 15 is 0 Å². The van der Waals surface area contributed by atoms with Crippen molar-refractivity contribution in [2.45, 2.75) is 19.9 Å². The molecule has 3 heterocycles. The number of aryl methyl sites for hydroxylation is 1. The van der Waals surface area contributed by atoms with E-state index in [0.717, 1.165) is 10.8 Å². The molecule has 0 unspecified atom stereocenters. The normalized spacial score (nSPS) is 12.3. The third-order valence-electron chi connectivity index (χ3n) is 6.33. The standard InChI is InChI=1S/C28H22N6O2/c1-17-23(26-29-15-8-16-33(26)32-17)27(35)30-18(2)25-31-22-14-13-19-9-6-7-12-21(19)24(22)28(36)34(25)20-10-4-3-5-11-20/h3-16,18H,1-2H3,(H,30,35)/t18-/m0/s1. The zero-order valence-corrected chi connectivity index (χ0v) is 19.7. The van der Waals surface area contributed by atoms with E-state index in [-0.39, 0.29) is 11.5 Å². The lowest BCUT2D eigenvalue weighted by Crippen LogP contribution is -2.33. The first-order valence-corrected chi connectivity index (χ1v) is 11.6. The van der Waals surface area contributed by atoms with E-state index in [2.05, 4.69) is 15.4 Å². The molecule has 0 bridgehead atoms. The van der Waals surface area contributed by atoms with Crippen LogP contribution in [0.1, 0.15) is 34.8 Å². The summed E-state index contributed by atoms with van der Waals surface area (Å²) in [5.74, 6) is 0.102. The molecule has 1 N–H and O–H groups in total. The van der Waals surface area contributed by atoms with Crippen molar-refractivity contribution >= 4 is 33.2 Å². The van der Waals surface area contributed by atoms with Crippen LogP contribution in [0.3, 0.4) is 0 Å². The Bertz CT molecular complexity index is 1840. The zero-order valence-electron chi connectivity index (χ0n) is 19.7. The molecule has 0 spiro atoms. The summed E-state index contributed by atoms with van der Waals surface area (Å²) in [7, 11) is 0. The van der Waals surface area contributed by atoms with E-state index < -0.39 is 6.04 Å². The summed E-state index contributed by atoms with van der Waals surface area (Å²) in [5.41, 5.74) is 2.50. The number of para-hydroxylation sites is 1. The molecular formula is C28H22N6O2. The lowest BCUT2D eigenvalue weighted by Gasteiger charge is -2.20. The summed E-state index contributed by atoms with van der Waals surface area (Å²) in [5, 5.41) is 9.75. The monoisotopic (exact) mass is 474 g/mol. The maximum atomic E-state index is 14.0. The van der Waals surface area contributed by atoms with Crippen molar-refractivity contribution in [3.05, 3.63) is 113 Å². The number of carbonyl (C=O) groups is 1. The van der Waals surface area contributed by atoms with Crippen LogP contribution in [-0.2, 0) is 0 Å². The molecule has 6 aromatic rings. The second-order valence-electron chi connectivity index (χ2n) is 8.67. The number of amides is 1. The average molecular weight is 475 g/mol. The minimum atomic E-state index is -0.584. The molecular weight excluding hydrogens is 452 g/mol. The maximum Gasteiger partial charge on any atom is 0.266 e. The van der Waals surface area contributed by atoms with Gasteiger partial charge in [0.25, 0.3) is 11.5 Å². The average Bonchev–Trinajstić information content (AvgIpc) is 3.24. The van der Waals surface area contributed by atoms with Gasteiger partial charge in [0.15, 0.2) is 5.65 Å². The highest BCUT2D eigenvalue weighted by atomic mass is 16.2. The SMILES string of the molecule is Cc1nn2cccnc2c1C(=O)N[C@@H](C)c1nc2ccc3ccccc3c2c(=O)n1-c1ccccc1. The number of hydrogen-bond acceptors (Lipinski definition) is 5. The van der Waals surface area contributed by atoms with E-state index in [9.17, 15) is 9.59 Å². The molecule has 36 heavy (non-hydrogen) atoms. The predicted molar refractivity (Wildman–Crippen MR) is 138 cm³/mol. The van der Waals surface area contributed by atoms with Crippen molar-refractivity contribution in [3.63, 3.8) is 0 Å². The van der Waals surface area contributed by atoms with E-state index in [1.807, 2.05) is 73.7 Å². The van der Waals surface area contributed by atoms with Gasteiger partial charge in [-0.3, -0.25) is 14.2 Å². The van der Waals surface area contributed by atoms with E-state index in [4.69, 9.17) is 4.98 Å². The molecule has 6 rings (SSSR count). The fourth-order valence-corrected chi connectivity index (χ4v) is 4.68. The first kappa shape index (κ1) is 21.7. The molecule has 176 valence electrons. The molecule has 1 atom stereocenters. The van der Waals surface area contributed by atoms with Crippen LogP contribution in [0.25, 0.3) is 33.0 Å². The quantitative estimate of drug-likeness (QED) is 0.383. The minimum absolute atomic E-state index is 0.187. The molecule has 0 aliphatic carbocycles. The first-order valence-electron chi connectivity index (χ1n) is 11.6. The molecule has 8 nitrogen and oxygen atoms in total. The highest BCUT2D eigenvalue weighted by Gasteiger charge is 2.24. The van der Waals surface area contributed by atoms with Gasteiger partial charge < -0.3 is 5.32 Å². The van der Waals surface area contributed by atoms with Gasteiger partial charge >= 0.3 is 0 Å². The van der Waals surface area contributed by atoms with Crippen LogP contribution in [0.15, 0.2) is 90.0 Å². The highest BCUT2D eigenvalue weighted by molar-refractivity contribution is 6.05. The molecule has 0 aliphatic heterocycles. The number of fused-ring (bicyclic) bond motifs is 4. The summed E-state index contributed by atoms with van der Waals surface area (Å²) in [4.78, 5) is 36.6. The van der Waals surface area contributed by atoms with Crippen molar-refractivity contribution in [1.29, 1.82) is 0 Å². The van der Waals surface area contributed by atoms with Gasteiger partial charge in [-0.2, -0.15) is 5.10 Å². The fourth-order valence-electron chi connectivity index (χ4n) is 4.68. The zero-order chi connectivity index (χ0) is 24.8. The van der Waals surface area contributed by atoms with E-state index in [1.54, 1.807) is 34.5 Å². The Kier molecular flexibility index (Phi) is 5.07. The topological polar surface area (TPSA) is 94.2 Å². The third kappa shape index (κ3) is 3.42. The van der Waals surface area contributed by atoms with Crippen molar-refractivity contribution in [2.24, 2.45) is 0 Å². The van der Waals surface area contributed by atoms with Gasteiger partial charge in [-0.15, -0.1) is 0 Å². The van der Waals surface area contributed by atoms with Gasteiger partial charge in [-0.1, -0.05) is 48.5 Å². The van der Waals surface area contributed by atoms with Gasteiger partial charge in [0, 0.05) is 12.4 Å². The Morgan fingerprint density at radius 1 is 0.972 bits per heavy atom. The van der Waals surface area contributed by atoms with Crippen LogP contribution < -0.4 is 10.9 Å². The molecule has 8 heteroatoms. The highest BCUT2D eigenvalue weighted by Crippen LogP contribution is 2.25. The molecule has 3 aromatic carbocycles. The number of aromatic nitrogens is 5. The molecule has 1 amide bonds. The Labute approximate surface area is 205 Å². The van der Waals surface area contributed by atoms with Gasteiger partial charge in [-0.05, 0) is 48.9 Å². The largest absolute Gasteiger partial charge is 0.342 e. The summed E-state index contributed by atoms with van der Waals surface area (Å²) in [6, 6.07) is 22.1. The van der Waals surface area contributed by atoms with Crippen molar-refractivity contribution in [1.82, 2.24) is 29.5 Å². The lowest BCUT2D eigenvalue weighted by molar-refractivity contribution is 0.0938. The van der Waals surface area contributed by atoms with Crippen LogP contribution in [0.4, 0.5) is 0 Å². The fraction of sp³-hybridized carbons (Fsp3) is 0.107. The third-order valence-corrected chi connectivity index (χ3v) is 6.33. The number of carbonyl (C=O) groups excluding carboxylic acids is 1. The summed E-state index contributed by atoms with van der Waals surface area (Å²) >= 11 is 0. The van der Waals surface area contributed by atoms with Gasteiger partial charge in [-0.25, -0.2) is 14.5 Å². The van der Waals surface area contributed by atoms with Gasteiger partial charge in [0.05, 0.1) is 28.3 Å². The Hall–Kier alpha value is -4.85. The maximum absolute atomic E-state index is 14.0. The Balaban J connectivity index is 1.52. The smallest absolute Gasteiger partial charge is 0.266 e. The summed E-state index contributed by atoms with van der Waals surface area (Å²) in [6.45, 7) is 3.59. The molecule has 0 fully saturated rings. The molecule has 0 aliphatic rings. The van der Waals surface area contributed by atoms with Gasteiger partial charge in [0.1, 0.15) is 11.4 Å². The molecule has 0 saturated heterocycles. The minimum Gasteiger partial charge on any atom is -0.342 e. The van der Waals surface area contributed by atoms with Crippen LogP contribution in [0, 0.1) is 6.92 Å². The Morgan fingerprint density at radius 3 is 2.58 bits per heavy atom. The number of benzene rings is 3. The molecule has 0 saturated carbocycles. The van der Waals surface area contributed by atoms with Crippen molar-refractivity contribution in [3.8, 4) is 5.69 Å². The van der Waals surface area contributed by atoms with E-state index in [1.165, 1.54) is 0 Å². The summed E-state index contributed by atoms with van der Waals surface area (Å²) in [6.07, 6.45) is 3.37. The predicted octanol–water partition coefficient (Wildman–Crippen LogP) is 4.38. The van der Waals surface area contributed by atoms with Crippen molar-refractivity contribution < 1.29 is 4.79 Å².